The van der Waals surface area contributed by atoms with Crippen LogP contribution in [0.1, 0.15) is 42.7 Å². The largest absolute Gasteiger partial charge is 0.335 e. The van der Waals surface area contributed by atoms with Crippen molar-refractivity contribution < 1.29 is 9.59 Å². The molecular weight excluding hydrogens is 498 g/mol. The lowest BCUT2D eigenvalue weighted by atomic mass is 10.1. The van der Waals surface area contributed by atoms with Gasteiger partial charge in [-0.2, -0.15) is 0 Å². The van der Waals surface area contributed by atoms with Crippen LogP contribution >= 0.6 is 11.6 Å². The van der Waals surface area contributed by atoms with Crippen LogP contribution in [0.4, 0.5) is 9.59 Å². The first-order valence-corrected chi connectivity index (χ1v) is 14.3. The standard InChI is InChI=1S/C30H40ClN5O2/c1-33(29(37)32-28-19-27(28)23-8-4-3-5-9-23)26-15-18-36(21-26)30(38)34(2)25-14-17-35(20-25)16-6-7-22-10-12-24(31)13-11-22/h3-5,8-13,25-28H,6-7,14-21H2,1-2H3,(H,32,37)/t25-,26+,27+,28-/m1/s1. The molecule has 38 heavy (non-hydrogen) atoms. The van der Waals surface area contributed by atoms with E-state index in [1.54, 1.807) is 4.90 Å². The molecule has 0 radical (unpaired) electrons. The minimum Gasteiger partial charge on any atom is -0.335 e. The van der Waals surface area contributed by atoms with E-state index in [9.17, 15) is 9.59 Å². The molecule has 4 atom stereocenters. The van der Waals surface area contributed by atoms with Gasteiger partial charge in [-0.05, 0) is 61.9 Å². The van der Waals surface area contributed by atoms with Crippen molar-refractivity contribution in [3.8, 4) is 0 Å². The molecule has 1 saturated carbocycles. The molecule has 2 aromatic rings. The van der Waals surface area contributed by atoms with Crippen LogP contribution in [-0.4, -0.2) is 96.6 Å². The van der Waals surface area contributed by atoms with E-state index < -0.39 is 0 Å². The Balaban J connectivity index is 1.03. The lowest BCUT2D eigenvalue weighted by Crippen LogP contribution is -2.49. The lowest BCUT2D eigenvalue weighted by Gasteiger charge is -2.30. The molecule has 2 aromatic carbocycles. The van der Waals surface area contributed by atoms with Crippen LogP contribution in [0.5, 0.6) is 0 Å². The average molecular weight is 538 g/mol. The Morgan fingerprint density at radius 1 is 0.947 bits per heavy atom. The molecule has 0 unspecified atom stereocenters. The molecule has 2 saturated heterocycles. The van der Waals surface area contributed by atoms with Crippen molar-refractivity contribution >= 4 is 23.7 Å². The zero-order valence-electron chi connectivity index (χ0n) is 22.6. The van der Waals surface area contributed by atoms with Gasteiger partial charge in [-0.25, -0.2) is 9.59 Å². The Labute approximate surface area is 231 Å². The molecule has 3 fully saturated rings. The number of carbonyl (C=O) groups excluding carboxylic acids is 2. The van der Waals surface area contributed by atoms with E-state index in [1.807, 2.05) is 54.2 Å². The second-order valence-electron chi connectivity index (χ2n) is 11.2. The summed E-state index contributed by atoms with van der Waals surface area (Å²) in [6.07, 6.45) is 4.95. The third-order valence-electron chi connectivity index (χ3n) is 8.58. The molecule has 2 aliphatic heterocycles. The first-order chi connectivity index (χ1) is 18.4. The van der Waals surface area contributed by atoms with Crippen LogP contribution in [0.2, 0.25) is 5.02 Å². The molecule has 8 heteroatoms. The predicted octanol–water partition coefficient (Wildman–Crippen LogP) is 4.67. The summed E-state index contributed by atoms with van der Waals surface area (Å²) in [5, 5.41) is 3.96. The molecule has 2 heterocycles. The van der Waals surface area contributed by atoms with E-state index in [1.165, 1.54) is 11.1 Å². The molecule has 3 aliphatic rings. The number of rotatable bonds is 8. The summed E-state index contributed by atoms with van der Waals surface area (Å²) in [5.74, 6) is 0.410. The first kappa shape index (κ1) is 26.8. The summed E-state index contributed by atoms with van der Waals surface area (Å²) in [7, 11) is 3.79. The highest BCUT2D eigenvalue weighted by atomic mass is 35.5. The number of urea groups is 2. The van der Waals surface area contributed by atoms with Crippen LogP contribution in [0.25, 0.3) is 0 Å². The van der Waals surface area contributed by atoms with Gasteiger partial charge in [0, 0.05) is 63.3 Å². The Kier molecular flexibility index (Phi) is 8.44. The summed E-state index contributed by atoms with van der Waals surface area (Å²) in [6, 6.07) is 19.0. The van der Waals surface area contributed by atoms with E-state index in [0.717, 1.165) is 56.8 Å². The number of nitrogens with one attached hydrogen (secondary N) is 1. The Morgan fingerprint density at radius 2 is 1.66 bits per heavy atom. The van der Waals surface area contributed by atoms with Gasteiger partial charge in [0.1, 0.15) is 0 Å². The Morgan fingerprint density at radius 3 is 2.42 bits per heavy atom. The van der Waals surface area contributed by atoms with Crippen molar-refractivity contribution in [1.82, 2.24) is 24.9 Å². The summed E-state index contributed by atoms with van der Waals surface area (Å²) >= 11 is 5.99. The first-order valence-electron chi connectivity index (χ1n) is 14.0. The van der Waals surface area contributed by atoms with Crippen molar-refractivity contribution in [2.75, 3.05) is 46.8 Å². The number of halogens is 1. The summed E-state index contributed by atoms with van der Waals surface area (Å²) in [6.45, 7) is 4.28. The highest BCUT2D eigenvalue weighted by Gasteiger charge is 2.41. The van der Waals surface area contributed by atoms with E-state index in [0.29, 0.717) is 19.0 Å². The number of hydrogen-bond acceptors (Lipinski definition) is 3. The maximum absolute atomic E-state index is 13.3. The second-order valence-corrected chi connectivity index (χ2v) is 11.6. The van der Waals surface area contributed by atoms with E-state index >= 15 is 0 Å². The number of carbonyl (C=O) groups is 2. The third kappa shape index (κ3) is 6.44. The molecule has 7 nitrogen and oxygen atoms in total. The fourth-order valence-corrected chi connectivity index (χ4v) is 6.08. The fourth-order valence-electron chi connectivity index (χ4n) is 5.95. The van der Waals surface area contributed by atoms with Crippen molar-refractivity contribution in [3.63, 3.8) is 0 Å². The minimum absolute atomic E-state index is 0.0360. The third-order valence-corrected chi connectivity index (χ3v) is 8.83. The maximum atomic E-state index is 13.3. The SMILES string of the molecule is CN(C(=O)N[C@@H]1C[C@H]1c1ccccc1)[C@H]1CCN(C(=O)N(C)[C@@H]2CCN(CCCc3ccc(Cl)cc3)C2)C1. The molecule has 1 aliphatic carbocycles. The van der Waals surface area contributed by atoms with Crippen LogP contribution in [0, 0.1) is 0 Å². The molecule has 5 rings (SSSR count). The zero-order chi connectivity index (χ0) is 26.6. The molecule has 0 aromatic heterocycles. The van der Waals surface area contributed by atoms with Gasteiger partial charge in [0.15, 0.2) is 0 Å². The van der Waals surface area contributed by atoms with Gasteiger partial charge in [0.25, 0.3) is 0 Å². The quantitative estimate of drug-likeness (QED) is 0.532. The van der Waals surface area contributed by atoms with Crippen LogP contribution in [0.3, 0.4) is 0 Å². The number of nitrogens with zero attached hydrogens (tertiary/aromatic N) is 4. The molecule has 204 valence electrons. The highest BCUT2D eigenvalue weighted by molar-refractivity contribution is 6.30. The smallest absolute Gasteiger partial charge is 0.320 e. The van der Waals surface area contributed by atoms with Gasteiger partial charge in [0.05, 0.1) is 6.04 Å². The normalized spacial score (nSPS) is 24.9. The van der Waals surface area contributed by atoms with Crippen molar-refractivity contribution in [2.24, 2.45) is 0 Å². The number of likely N-dealkylation sites (tertiary alicyclic amines) is 2. The molecule has 4 amide bonds. The van der Waals surface area contributed by atoms with E-state index in [4.69, 9.17) is 11.6 Å². The van der Waals surface area contributed by atoms with E-state index in [-0.39, 0.29) is 30.2 Å². The number of likely N-dealkylation sites (N-methyl/N-ethyl adjacent to an activating group) is 2. The zero-order valence-corrected chi connectivity index (χ0v) is 23.3. The van der Waals surface area contributed by atoms with Crippen LogP contribution in [0.15, 0.2) is 54.6 Å². The van der Waals surface area contributed by atoms with Gasteiger partial charge in [-0.3, -0.25) is 0 Å². The summed E-state index contributed by atoms with van der Waals surface area (Å²) in [5.41, 5.74) is 2.60. The summed E-state index contributed by atoms with van der Waals surface area (Å²) in [4.78, 5) is 34.3. The molecule has 0 bridgehead atoms. The Hall–Kier alpha value is -2.77. The minimum atomic E-state index is -0.0360. The average Bonchev–Trinajstić information content (AvgIpc) is 3.29. The number of hydrogen-bond donors (Lipinski definition) is 1. The lowest BCUT2D eigenvalue weighted by molar-refractivity contribution is 0.150. The highest BCUT2D eigenvalue weighted by Crippen LogP contribution is 2.40. The van der Waals surface area contributed by atoms with Crippen LogP contribution in [-0.2, 0) is 6.42 Å². The maximum Gasteiger partial charge on any atom is 0.320 e. The van der Waals surface area contributed by atoms with Crippen LogP contribution < -0.4 is 5.32 Å². The Bertz CT molecular complexity index is 1100. The predicted molar refractivity (Wildman–Crippen MR) is 152 cm³/mol. The second kappa shape index (κ2) is 12.0. The molecular formula is C30H40ClN5O2. The van der Waals surface area contributed by atoms with Gasteiger partial charge in [-0.15, -0.1) is 0 Å². The van der Waals surface area contributed by atoms with E-state index in [2.05, 4.69) is 34.5 Å². The van der Waals surface area contributed by atoms with Gasteiger partial charge < -0.3 is 24.9 Å². The number of amides is 4. The van der Waals surface area contributed by atoms with Gasteiger partial charge in [-0.1, -0.05) is 54.1 Å². The van der Waals surface area contributed by atoms with Gasteiger partial charge >= 0.3 is 12.1 Å². The van der Waals surface area contributed by atoms with Crippen molar-refractivity contribution in [3.05, 3.63) is 70.7 Å². The molecule has 1 N–H and O–H groups in total. The molecule has 0 spiro atoms. The van der Waals surface area contributed by atoms with Gasteiger partial charge in [0.2, 0.25) is 0 Å². The fraction of sp³-hybridized carbons (Fsp3) is 0.533. The monoisotopic (exact) mass is 537 g/mol. The van der Waals surface area contributed by atoms with Crippen molar-refractivity contribution in [2.45, 2.75) is 56.1 Å². The topological polar surface area (TPSA) is 59.1 Å². The number of benzene rings is 2. The summed E-state index contributed by atoms with van der Waals surface area (Å²) < 4.78 is 0. The van der Waals surface area contributed by atoms with Crippen molar-refractivity contribution in [1.29, 1.82) is 0 Å². The number of aryl methyl sites for hydroxylation is 1.